The van der Waals surface area contributed by atoms with Crippen molar-refractivity contribution >= 4 is 22.7 Å². The third-order valence-corrected chi connectivity index (χ3v) is 6.00. The minimum absolute atomic E-state index is 0.0119. The van der Waals surface area contributed by atoms with Gasteiger partial charge in [-0.05, 0) is 66.4 Å². The van der Waals surface area contributed by atoms with E-state index >= 15 is 0 Å². The van der Waals surface area contributed by atoms with Gasteiger partial charge in [0.25, 0.3) is 11.8 Å². The van der Waals surface area contributed by atoms with Crippen LogP contribution in [0.2, 0.25) is 0 Å². The molecule has 0 bridgehead atoms. The molecule has 0 unspecified atom stereocenters. The first-order chi connectivity index (χ1) is 17.1. The number of nitrogens with one attached hydrogen (secondary N) is 3. The fourth-order valence-corrected chi connectivity index (χ4v) is 4.12. The molecule has 0 fully saturated rings. The maximum Gasteiger partial charge on any atom is 0.416 e. The Hall–Kier alpha value is -4.14. The minimum Gasteiger partial charge on any atom is -0.356 e. The van der Waals surface area contributed by atoms with Crippen molar-refractivity contribution in [2.24, 2.45) is 0 Å². The van der Waals surface area contributed by atoms with E-state index in [2.05, 4.69) is 15.6 Å². The largest absolute Gasteiger partial charge is 0.416 e. The number of aromatic nitrogens is 1. The number of rotatable bonds is 6. The summed E-state index contributed by atoms with van der Waals surface area (Å²) in [6, 6.07) is 15.3. The molecule has 0 saturated heterocycles. The lowest BCUT2D eigenvalue weighted by Gasteiger charge is -2.09. The number of benzene rings is 3. The van der Waals surface area contributed by atoms with E-state index < -0.39 is 17.6 Å². The number of carbonyl (C=O) groups is 2. The SMILES string of the molecule is CNC(=O)c1cccc(-c2ccc(C(=O)NCCc3c(C)[nH]c4c(F)cc(C(F)(F)F)cc34)cc2)c1. The molecule has 2 amide bonds. The highest BCUT2D eigenvalue weighted by Gasteiger charge is 2.32. The molecule has 0 spiro atoms. The predicted molar refractivity (Wildman–Crippen MR) is 129 cm³/mol. The normalized spacial score (nSPS) is 11.5. The maximum atomic E-state index is 14.3. The molecule has 36 heavy (non-hydrogen) atoms. The lowest BCUT2D eigenvalue weighted by Crippen LogP contribution is -2.25. The molecule has 1 aromatic heterocycles. The molecule has 0 radical (unpaired) electrons. The van der Waals surface area contributed by atoms with Crippen molar-refractivity contribution in [2.45, 2.75) is 19.5 Å². The number of aryl methyl sites for hydroxylation is 1. The van der Waals surface area contributed by atoms with E-state index in [4.69, 9.17) is 0 Å². The quantitative estimate of drug-likeness (QED) is 0.302. The molecule has 4 aromatic rings. The third kappa shape index (κ3) is 5.10. The number of hydrogen-bond acceptors (Lipinski definition) is 2. The molecule has 9 heteroatoms. The number of aromatic amines is 1. The number of alkyl halides is 3. The molecule has 3 N–H and O–H groups in total. The van der Waals surface area contributed by atoms with E-state index in [0.717, 1.165) is 17.2 Å². The average molecular weight is 497 g/mol. The summed E-state index contributed by atoms with van der Waals surface area (Å²) in [5.74, 6) is -1.52. The van der Waals surface area contributed by atoms with Gasteiger partial charge < -0.3 is 15.6 Å². The summed E-state index contributed by atoms with van der Waals surface area (Å²) in [6.07, 6.45) is -4.44. The van der Waals surface area contributed by atoms with Crippen LogP contribution in [0.15, 0.2) is 60.7 Å². The van der Waals surface area contributed by atoms with Crippen molar-refractivity contribution in [3.63, 3.8) is 0 Å². The van der Waals surface area contributed by atoms with Crippen LogP contribution in [0.5, 0.6) is 0 Å². The Morgan fingerprint density at radius 1 is 0.917 bits per heavy atom. The molecule has 4 rings (SSSR count). The summed E-state index contributed by atoms with van der Waals surface area (Å²) < 4.78 is 53.7. The molecular weight excluding hydrogens is 474 g/mol. The van der Waals surface area contributed by atoms with Gasteiger partial charge in [-0.1, -0.05) is 24.3 Å². The summed E-state index contributed by atoms with van der Waals surface area (Å²) in [5, 5.41) is 5.48. The molecule has 0 aliphatic rings. The van der Waals surface area contributed by atoms with Gasteiger partial charge in [-0.3, -0.25) is 9.59 Å². The highest BCUT2D eigenvalue weighted by Crippen LogP contribution is 2.34. The Morgan fingerprint density at radius 3 is 2.31 bits per heavy atom. The Balaban J connectivity index is 1.45. The van der Waals surface area contributed by atoms with E-state index in [1.165, 1.54) is 0 Å². The van der Waals surface area contributed by atoms with Crippen LogP contribution in [-0.4, -0.2) is 30.4 Å². The van der Waals surface area contributed by atoms with Gasteiger partial charge >= 0.3 is 6.18 Å². The van der Waals surface area contributed by atoms with E-state index in [9.17, 15) is 27.2 Å². The zero-order chi connectivity index (χ0) is 26.0. The van der Waals surface area contributed by atoms with Gasteiger partial charge in [-0.2, -0.15) is 13.2 Å². The first-order valence-corrected chi connectivity index (χ1v) is 11.2. The summed E-state index contributed by atoms with van der Waals surface area (Å²) >= 11 is 0. The number of amides is 2. The Labute approximate surface area is 204 Å². The molecule has 0 saturated carbocycles. The van der Waals surface area contributed by atoms with Crippen LogP contribution in [0.25, 0.3) is 22.0 Å². The summed E-state index contributed by atoms with van der Waals surface area (Å²) in [6.45, 7) is 1.81. The van der Waals surface area contributed by atoms with Gasteiger partial charge in [0.2, 0.25) is 0 Å². The summed E-state index contributed by atoms with van der Waals surface area (Å²) in [4.78, 5) is 27.3. The number of H-pyrrole nitrogens is 1. The Kier molecular flexibility index (Phi) is 6.83. The van der Waals surface area contributed by atoms with Gasteiger partial charge in [0, 0.05) is 35.8 Å². The zero-order valence-electron chi connectivity index (χ0n) is 19.5. The van der Waals surface area contributed by atoms with Crippen molar-refractivity contribution in [1.29, 1.82) is 0 Å². The number of hydrogen-bond donors (Lipinski definition) is 3. The maximum absolute atomic E-state index is 14.3. The monoisotopic (exact) mass is 497 g/mol. The molecule has 0 aliphatic carbocycles. The van der Waals surface area contributed by atoms with Crippen molar-refractivity contribution in [3.8, 4) is 11.1 Å². The van der Waals surface area contributed by atoms with Gasteiger partial charge in [0.05, 0.1) is 11.1 Å². The molecule has 186 valence electrons. The van der Waals surface area contributed by atoms with E-state index in [-0.39, 0.29) is 35.7 Å². The van der Waals surface area contributed by atoms with E-state index in [1.54, 1.807) is 56.4 Å². The van der Waals surface area contributed by atoms with Gasteiger partial charge in [-0.25, -0.2) is 4.39 Å². The smallest absolute Gasteiger partial charge is 0.356 e. The van der Waals surface area contributed by atoms with Crippen molar-refractivity contribution < 1.29 is 27.2 Å². The molecule has 5 nitrogen and oxygen atoms in total. The fourth-order valence-electron chi connectivity index (χ4n) is 4.12. The molecule has 0 atom stereocenters. The Bertz CT molecular complexity index is 1440. The second-order valence-electron chi connectivity index (χ2n) is 8.35. The van der Waals surface area contributed by atoms with Crippen LogP contribution in [-0.2, 0) is 12.6 Å². The number of halogens is 4. The van der Waals surface area contributed by atoms with E-state index in [0.29, 0.717) is 28.5 Å². The van der Waals surface area contributed by atoms with Gasteiger partial charge in [-0.15, -0.1) is 0 Å². The topological polar surface area (TPSA) is 74.0 Å². The second-order valence-corrected chi connectivity index (χ2v) is 8.35. The molecule has 0 aliphatic heterocycles. The highest BCUT2D eigenvalue weighted by molar-refractivity contribution is 5.96. The zero-order valence-corrected chi connectivity index (χ0v) is 19.5. The summed E-state index contributed by atoms with van der Waals surface area (Å²) in [5.41, 5.74) is 2.59. The van der Waals surface area contributed by atoms with Crippen molar-refractivity contribution in [3.05, 3.63) is 94.4 Å². The van der Waals surface area contributed by atoms with Crippen LogP contribution in [0.1, 0.15) is 37.5 Å². The van der Waals surface area contributed by atoms with Crippen molar-refractivity contribution in [2.75, 3.05) is 13.6 Å². The van der Waals surface area contributed by atoms with Crippen LogP contribution in [0, 0.1) is 12.7 Å². The number of fused-ring (bicyclic) bond motifs is 1. The standard InChI is InChI=1S/C27H23F4N3O2/c1-15-21(22-13-20(27(29,30)31)14-23(28)24(22)34-15)10-11-33-26(36)17-8-6-16(7-9-17)18-4-3-5-19(12-18)25(35)32-2/h3-9,12-14,34H,10-11H2,1-2H3,(H,32,35)(H,33,36). The average Bonchev–Trinajstić information content (AvgIpc) is 3.18. The predicted octanol–water partition coefficient (Wildman–Crippen LogP) is 5.63. The first kappa shape index (κ1) is 25.0. The lowest BCUT2D eigenvalue weighted by atomic mass is 10.0. The Morgan fingerprint density at radius 2 is 1.64 bits per heavy atom. The molecular formula is C27H23F4N3O2. The number of carbonyl (C=O) groups excluding carboxylic acids is 2. The van der Waals surface area contributed by atoms with Crippen LogP contribution in [0.3, 0.4) is 0 Å². The van der Waals surface area contributed by atoms with Crippen LogP contribution >= 0.6 is 0 Å². The second kappa shape index (κ2) is 9.85. The molecule has 1 heterocycles. The van der Waals surface area contributed by atoms with Crippen LogP contribution < -0.4 is 10.6 Å². The fraction of sp³-hybridized carbons (Fsp3) is 0.185. The van der Waals surface area contributed by atoms with Gasteiger partial charge in [0.15, 0.2) is 0 Å². The minimum atomic E-state index is -4.67. The van der Waals surface area contributed by atoms with Crippen molar-refractivity contribution in [1.82, 2.24) is 15.6 Å². The third-order valence-electron chi connectivity index (χ3n) is 6.00. The van der Waals surface area contributed by atoms with Crippen LogP contribution in [0.4, 0.5) is 17.6 Å². The first-order valence-electron chi connectivity index (χ1n) is 11.2. The van der Waals surface area contributed by atoms with E-state index in [1.807, 2.05) is 6.07 Å². The summed E-state index contributed by atoms with van der Waals surface area (Å²) in [7, 11) is 1.56. The lowest BCUT2D eigenvalue weighted by molar-refractivity contribution is -0.137. The molecule has 3 aromatic carbocycles. The van der Waals surface area contributed by atoms with Gasteiger partial charge in [0.1, 0.15) is 5.82 Å². The highest BCUT2D eigenvalue weighted by atomic mass is 19.4.